The lowest BCUT2D eigenvalue weighted by Gasteiger charge is -2.19. The van der Waals surface area contributed by atoms with Crippen molar-refractivity contribution in [1.29, 1.82) is 0 Å². The first-order chi connectivity index (χ1) is 5.54. The Hall–Kier alpha value is -0.0600. The molecule has 0 unspecified atom stereocenters. The first-order valence-corrected chi connectivity index (χ1v) is 4.74. The second kappa shape index (κ2) is 5.56. The fourth-order valence-corrected chi connectivity index (χ4v) is 1.34. The summed E-state index contributed by atoms with van der Waals surface area (Å²) in [6, 6.07) is 0. The van der Waals surface area contributed by atoms with Gasteiger partial charge < -0.3 is 9.47 Å². The number of hydrogen-bond acceptors (Lipinski definition) is 4. The van der Waals surface area contributed by atoms with Crippen LogP contribution in [0.1, 0.15) is 13.8 Å². The first-order valence-electron chi connectivity index (χ1n) is 3.76. The molecule has 0 aliphatic heterocycles. The van der Waals surface area contributed by atoms with Crippen LogP contribution in [0.2, 0.25) is 0 Å². The van der Waals surface area contributed by atoms with Gasteiger partial charge in [0.05, 0.1) is 6.61 Å². The second-order valence-electron chi connectivity index (χ2n) is 2.84. The fraction of sp³-hybridized carbons (Fsp3) is 0.875. The van der Waals surface area contributed by atoms with Gasteiger partial charge in [-0.3, -0.25) is 4.79 Å². The van der Waals surface area contributed by atoms with Gasteiger partial charge in [-0.05, 0) is 13.8 Å². The zero-order valence-corrected chi connectivity index (χ0v) is 8.86. The van der Waals surface area contributed by atoms with Crippen LogP contribution in [0.15, 0.2) is 0 Å². The van der Waals surface area contributed by atoms with Gasteiger partial charge in [0, 0.05) is 20.0 Å². The zero-order chi connectivity index (χ0) is 9.61. The molecule has 0 spiro atoms. The predicted molar refractivity (Wildman–Crippen MR) is 50.4 cm³/mol. The molecule has 0 fully saturated rings. The van der Waals surface area contributed by atoms with Gasteiger partial charge >= 0.3 is 0 Å². The van der Waals surface area contributed by atoms with Gasteiger partial charge in [-0.15, -0.1) is 0 Å². The van der Waals surface area contributed by atoms with Crippen molar-refractivity contribution < 1.29 is 14.3 Å². The van der Waals surface area contributed by atoms with Crippen LogP contribution in [0.5, 0.6) is 0 Å². The van der Waals surface area contributed by atoms with Gasteiger partial charge in [0.2, 0.25) is 5.12 Å². The summed E-state index contributed by atoms with van der Waals surface area (Å²) >= 11 is 1.24. The molecule has 0 rings (SSSR count). The first kappa shape index (κ1) is 11.9. The Morgan fingerprint density at radius 2 is 2.00 bits per heavy atom. The van der Waals surface area contributed by atoms with Crippen molar-refractivity contribution in [2.45, 2.75) is 19.4 Å². The molecule has 0 saturated heterocycles. The van der Waals surface area contributed by atoms with Gasteiger partial charge in [0.1, 0.15) is 5.60 Å². The van der Waals surface area contributed by atoms with Crippen LogP contribution in [0.25, 0.3) is 0 Å². The molecule has 0 radical (unpaired) electrons. The highest BCUT2D eigenvalue weighted by Crippen LogP contribution is 2.17. The van der Waals surface area contributed by atoms with E-state index >= 15 is 0 Å². The standard InChI is InChI=1S/C8H16O3S/c1-8(2,11-4)7(9)12-6-5-10-3/h5-6H2,1-4H3. The largest absolute Gasteiger partial charge is 0.384 e. The van der Waals surface area contributed by atoms with Crippen LogP contribution in [0.3, 0.4) is 0 Å². The summed E-state index contributed by atoms with van der Waals surface area (Å²) in [7, 11) is 3.15. The van der Waals surface area contributed by atoms with E-state index in [1.54, 1.807) is 21.0 Å². The molecule has 4 heteroatoms. The summed E-state index contributed by atoms with van der Waals surface area (Å²) in [6.07, 6.45) is 0. The Labute approximate surface area is 77.8 Å². The van der Waals surface area contributed by atoms with Crippen molar-refractivity contribution >= 4 is 16.9 Å². The van der Waals surface area contributed by atoms with E-state index in [1.165, 1.54) is 18.9 Å². The van der Waals surface area contributed by atoms with Crippen molar-refractivity contribution in [3.63, 3.8) is 0 Å². The monoisotopic (exact) mass is 192 g/mol. The van der Waals surface area contributed by atoms with E-state index in [9.17, 15) is 4.79 Å². The Morgan fingerprint density at radius 3 is 2.42 bits per heavy atom. The van der Waals surface area contributed by atoms with E-state index in [-0.39, 0.29) is 5.12 Å². The Morgan fingerprint density at radius 1 is 1.42 bits per heavy atom. The lowest BCUT2D eigenvalue weighted by atomic mass is 10.2. The highest BCUT2D eigenvalue weighted by molar-refractivity contribution is 8.13. The van der Waals surface area contributed by atoms with E-state index in [0.29, 0.717) is 12.4 Å². The molecule has 0 N–H and O–H groups in total. The second-order valence-corrected chi connectivity index (χ2v) is 3.91. The quantitative estimate of drug-likeness (QED) is 0.615. The lowest BCUT2D eigenvalue weighted by molar-refractivity contribution is -0.127. The van der Waals surface area contributed by atoms with Gasteiger partial charge in [0.15, 0.2) is 0 Å². The van der Waals surface area contributed by atoms with E-state index in [4.69, 9.17) is 9.47 Å². The molecule has 12 heavy (non-hydrogen) atoms. The third-order valence-corrected chi connectivity index (χ3v) is 2.65. The van der Waals surface area contributed by atoms with Gasteiger partial charge in [-0.1, -0.05) is 11.8 Å². The Balaban J connectivity index is 3.72. The summed E-state index contributed by atoms with van der Waals surface area (Å²) in [6.45, 7) is 4.11. The number of methoxy groups -OCH3 is 2. The maximum absolute atomic E-state index is 11.4. The smallest absolute Gasteiger partial charge is 0.220 e. The highest BCUT2D eigenvalue weighted by Gasteiger charge is 2.26. The van der Waals surface area contributed by atoms with Crippen molar-refractivity contribution in [2.24, 2.45) is 0 Å². The molecule has 0 aliphatic rings. The average molecular weight is 192 g/mol. The number of hydrogen-bond donors (Lipinski definition) is 0. The van der Waals surface area contributed by atoms with Gasteiger partial charge in [-0.25, -0.2) is 0 Å². The van der Waals surface area contributed by atoms with Crippen molar-refractivity contribution in [3.8, 4) is 0 Å². The van der Waals surface area contributed by atoms with Crippen LogP contribution in [-0.2, 0) is 14.3 Å². The van der Waals surface area contributed by atoms with Crippen LogP contribution in [0.4, 0.5) is 0 Å². The lowest BCUT2D eigenvalue weighted by Crippen LogP contribution is -2.31. The minimum atomic E-state index is -0.682. The SMILES string of the molecule is COCCSC(=O)C(C)(C)OC. The molecule has 0 bridgehead atoms. The maximum Gasteiger partial charge on any atom is 0.220 e. The topological polar surface area (TPSA) is 35.5 Å². The molecule has 0 amide bonds. The van der Waals surface area contributed by atoms with Gasteiger partial charge in [-0.2, -0.15) is 0 Å². The van der Waals surface area contributed by atoms with E-state index in [2.05, 4.69) is 0 Å². The highest BCUT2D eigenvalue weighted by atomic mass is 32.2. The normalized spacial score (nSPS) is 11.7. The minimum absolute atomic E-state index is 0.0436. The van der Waals surface area contributed by atoms with Crippen LogP contribution in [-0.4, -0.2) is 37.3 Å². The van der Waals surface area contributed by atoms with E-state index < -0.39 is 5.60 Å². The summed E-state index contributed by atoms with van der Waals surface area (Å²) in [4.78, 5) is 11.4. The number of carbonyl (C=O) groups is 1. The Kier molecular flexibility index (Phi) is 5.53. The van der Waals surface area contributed by atoms with Crippen molar-refractivity contribution in [2.75, 3.05) is 26.6 Å². The van der Waals surface area contributed by atoms with Gasteiger partial charge in [0.25, 0.3) is 0 Å². The van der Waals surface area contributed by atoms with Crippen molar-refractivity contribution in [3.05, 3.63) is 0 Å². The van der Waals surface area contributed by atoms with Crippen LogP contribution >= 0.6 is 11.8 Å². The zero-order valence-electron chi connectivity index (χ0n) is 8.05. The van der Waals surface area contributed by atoms with Crippen molar-refractivity contribution in [1.82, 2.24) is 0 Å². The number of thioether (sulfide) groups is 1. The Bertz CT molecular complexity index is 145. The molecular weight excluding hydrogens is 176 g/mol. The number of ether oxygens (including phenoxy) is 2. The summed E-state index contributed by atoms with van der Waals surface area (Å²) < 4.78 is 9.84. The maximum atomic E-state index is 11.4. The summed E-state index contributed by atoms with van der Waals surface area (Å²) in [5, 5.41) is 0.0436. The van der Waals surface area contributed by atoms with E-state index in [0.717, 1.165) is 0 Å². The average Bonchev–Trinajstić information content (AvgIpc) is 2.05. The third-order valence-electron chi connectivity index (χ3n) is 1.52. The number of carbonyl (C=O) groups excluding carboxylic acids is 1. The fourth-order valence-electron chi connectivity index (χ4n) is 0.475. The number of rotatable bonds is 5. The summed E-state index contributed by atoms with van der Waals surface area (Å²) in [5.74, 6) is 0.683. The third kappa shape index (κ3) is 4.09. The molecule has 3 nitrogen and oxygen atoms in total. The minimum Gasteiger partial charge on any atom is -0.384 e. The molecular formula is C8H16O3S. The molecule has 0 atom stereocenters. The van der Waals surface area contributed by atoms with Crippen LogP contribution in [0, 0.1) is 0 Å². The molecule has 0 saturated carbocycles. The predicted octanol–water partition coefficient (Wildman–Crippen LogP) is 1.32. The molecule has 0 aromatic heterocycles. The molecule has 0 aromatic rings. The molecule has 0 aromatic carbocycles. The molecule has 0 heterocycles. The molecule has 0 aliphatic carbocycles. The van der Waals surface area contributed by atoms with Crippen LogP contribution < -0.4 is 0 Å². The molecule has 72 valence electrons. The summed E-state index contributed by atoms with van der Waals surface area (Å²) in [5.41, 5.74) is -0.682. The van der Waals surface area contributed by atoms with E-state index in [1.807, 2.05) is 0 Å².